The van der Waals surface area contributed by atoms with E-state index in [4.69, 9.17) is 9.47 Å². The summed E-state index contributed by atoms with van der Waals surface area (Å²) in [6.07, 6.45) is 1.88. The second-order valence-electron chi connectivity index (χ2n) is 5.77. The standard InChI is InChI=1S/C18H20N2O4S/c1-4-24-17(22)15-11(2)19-18(25-15)20(13-7-8-13)16(21)12-5-9-14(23-3)10-6-12/h5-6,9-10,13H,4,7-8H2,1-3H3. The number of anilines is 1. The van der Waals surface area contributed by atoms with Gasteiger partial charge >= 0.3 is 5.97 Å². The number of thiazole rings is 1. The number of aromatic nitrogens is 1. The van der Waals surface area contributed by atoms with Gasteiger partial charge in [-0.15, -0.1) is 0 Å². The topological polar surface area (TPSA) is 68.7 Å². The Morgan fingerprint density at radius 2 is 1.96 bits per heavy atom. The molecule has 0 aliphatic heterocycles. The van der Waals surface area contributed by atoms with E-state index < -0.39 is 5.97 Å². The molecule has 1 fully saturated rings. The zero-order valence-electron chi connectivity index (χ0n) is 14.4. The zero-order valence-corrected chi connectivity index (χ0v) is 15.3. The molecule has 1 aromatic heterocycles. The van der Waals surface area contributed by atoms with Crippen molar-refractivity contribution in [1.82, 2.24) is 4.98 Å². The summed E-state index contributed by atoms with van der Waals surface area (Å²) in [5.41, 5.74) is 1.16. The molecule has 0 radical (unpaired) electrons. The molecule has 1 heterocycles. The highest BCUT2D eigenvalue weighted by molar-refractivity contribution is 7.17. The predicted octanol–water partition coefficient (Wildman–Crippen LogP) is 3.45. The number of aryl methyl sites for hydroxylation is 1. The van der Waals surface area contributed by atoms with E-state index in [2.05, 4.69) is 4.98 Å². The molecule has 25 heavy (non-hydrogen) atoms. The van der Waals surface area contributed by atoms with Crippen molar-refractivity contribution in [2.24, 2.45) is 0 Å². The summed E-state index contributed by atoms with van der Waals surface area (Å²) < 4.78 is 10.2. The molecule has 3 rings (SSSR count). The van der Waals surface area contributed by atoms with Crippen LogP contribution in [-0.4, -0.2) is 36.6 Å². The van der Waals surface area contributed by atoms with Crippen LogP contribution in [0.25, 0.3) is 0 Å². The van der Waals surface area contributed by atoms with Crippen molar-refractivity contribution >= 4 is 28.3 Å². The van der Waals surface area contributed by atoms with E-state index in [-0.39, 0.29) is 11.9 Å². The fourth-order valence-corrected chi connectivity index (χ4v) is 3.52. The molecule has 0 bridgehead atoms. The van der Waals surface area contributed by atoms with Gasteiger partial charge in [0.25, 0.3) is 5.91 Å². The number of benzene rings is 1. The molecule has 2 aromatic rings. The first-order valence-electron chi connectivity index (χ1n) is 8.17. The zero-order chi connectivity index (χ0) is 18.0. The van der Waals surface area contributed by atoms with E-state index in [1.807, 2.05) is 0 Å². The van der Waals surface area contributed by atoms with Gasteiger partial charge in [0.2, 0.25) is 0 Å². The van der Waals surface area contributed by atoms with Gasteiger partial charge in [-0.25, -0.2) is 9.78 Å². The summed E-state index contributed by atoms with van der Waals surface area (Å²) >= 11 is 1.21. The number of nitrogens with zero attached hydrogens (tertiary/aromatic N) is 2. The fraction of sp³-hybridized carbons (Fsp3) is 0.389. The maximum atomic E-state index is 13.0. The van der Waals surface area contributed by atoms with Gasteiger partial charge in [-0.3, -0.25) is 9.69 Å². The molecule has 1 amide bonds. The lowest BCUT2D eigenvalue weighted by Crippen LogP contribution is -2.33. The van der Waals surface area contributed by atoms with Crippen molar-refractivity contribution in [3.63, 3.8) is 0 Å². The Labute approximate surface area is 150 Å². The molecule has 0 spiro atoms. The number of amides is 1. The van der Waals surface area contributed by atoms with Gasteiger partial charge in [-0.2, -0.15) is 0 Å². The molecule has 0 unspecified atom stereocenters. The number of rotatable bonds is 6. The molecule has 1 aliphatic rings. The van der Waals surface area contributed by atoms with Crippen molar-refractivity contribution in [1.29, 1.82) is 0 Å². The monoisotopic (exact) mass is 360 g/mol. The third-order valence-corrected chi connectivity index (χ3v) is 5.06. The van der Waals surface area contributed by atoms with Crippen LogP contribution in [0.3, 0.4) is 0 Å². The summed E-state index contributed by atoms with van der Waals surface area (Å²) in [5.74, 6) is 0.190. The first kappa shape index (κ1) is 17.4. The van der Waals surface area contributed by atoms with Crippen LogP contribution in [0, 0.1) is 6.92 Å². The lowest BCUT2D eigenvalue weighted by atomic mass is 10.2. The SMILES string of the molecule is CCOC(=O)c1sc(N(C(=O)c2ccc(OC)cc2)C2CC2)nc1C. The summed E-state index contributed by atoms with van der Waals surface area (Å²) in [7, 11) is 1.59. The number of esters is 1. The molecule has 1 aromatic carbocycles. The summed E-state index contributed by atoms with van der Waals surface area (Å²) in [4.78, 5) is 31.6. The minimum absolute atomic E-state index is 0.116. The van der Waals surface area contributed by atoms with Gasteiger partial charge in [0.15, 0.2) is 5.13 Å². The quantitative estimate of drug-likeness (QED) is 0.738. The molecular weight excluding hydrogens is 340 g/mol. The minimum Gasteiger partial charge on any atom is -0.497 e. The first-order valence-corrected chi connectivity index (χ1v) is 8.99. The van der Waals surface area contributed by atoms with Crippen molar-refractivity contribution in [3.05, 3.63) is 40.4 Å². The lowest BCUT2D eigenvalue weighted by Gasteiger charge is -2.19. The maximum Gasteiger partial charge on any atom is 0.350 e. The number of carbonyl (C=O) groups excluding carboxylic acids is 2. The van der Waals surface area contributed by atoms with E-state index in [0.717, 1.165) is 12.8 Å². The van der Waals surface area contributed by atoms with Crippen molar-refractivity contribution in [2.75, 3.05) is 18.6 Å². The average molecular weight is 360 g/mol. The van der Waals surface area contributed by atoms with Gasteiger partial charge < -0.3 is 9.47 Å². The third kappa shape index (κ3) is 3.66. The Hall–Kier alpha value is -2.41. The van der Waals surface area contributed by atoms with Crippen molar-refractivity contribution < 1.29 is 19.1 Å². The van der Waals surface area contributed by atoms with Crippen LogP contribution in [0.1, 0.15) is 45.5 Å². The predicted molar refractivity (Wildman–Crippen MR) is 95.6 cm³/mol. The van der Waals surface area contributed by atoms with Gasteiger partial charge in [0, 0.05) is 11.6 Å². The highest BCUT2D eigenvalue weighted by Crippen LogP contribution is 2.36. The fourth-order valence-electron chi connectivity index (χ4n) is 2.49. The van der Waals surface area contributed by atoms with E-state index in [0.29, 0.717) is 33.6 Å². The lowest BCUT2D eigenvalue weighted by molar-refractivity contribution is 0.0531. The Bertz CT molecular complexity index is 781. The molecule has 0 N–H and O–H groups in total. The van der Waals surface area contributed by atoms with Gasteiger partial charge in [0.05, 0.1) is 19.4 Å². The molecule has 1 aliphatic carbocycles. The second kappa shape index (κ2) is 7.23. The molecule has 7 heteroatoms. The Balaban J connectivity index is 1.89. The molecule has 132 valence electrons. The molecular formula is C18H20N2O4S. The smallest absolute Gasteiger partial charge is 0.350 e. The molecule has 0 saturated heterocycles. The third-order valence-electron chi connectivity index (χ3n) is 3.92. The Kier molecular flexibility index (Phi) is 5.03. The van der Waals surface area contributed by atoms with Crippen LogP contribution in [0.15, 0.2) is 24.3 Å². The van der Waals surface area contributed by atoms with Crippen LogP contribution in [0.4, 0.5) is 5.13 Å². The Morgan fingerprint density at radius 1 is 1.28 bits per heavy atom. The van der Waals surface area contributed by atoms with Crippen LogP contribution in [0.2, 0.25) is 0 Å². The highest BCUT2D eigenvalue weighted by Gasteiger charge is 2.37. The highest BCUT2D eigenvalue weighted by atomic mass is 32.1. The van der Waals surface area contributed by atoms with E-state index in [9.17, 15) is 9.59 Å². The summed E-state index contributed by atoms with van der Waals surface area (Å²) in [5, 5.41) is 0.545. The van der Waals surface area contributed by atoms with Gasteiger partial charge in [-0.05, 0) is 51.0 Å². The van der Waals surface area contributed by atoms with Crippen LogP contribution in [-0.2, 0) is 4.74 Å². The number of ether oxygens (including phenoxy) is 2. The maximum absolute atomic E-state index is 13.0. The largest absolute Gasteiger partial charge is 0.497 e. The van der Waals surface area contributed by atoms with E-state index in [1.165, 1.54) is 11.3 Å². The first-order chi connectivity index (χ1) is 12.0. The summed E-state index contributed by atoms with van der Waals surface area (Å²) in [6, 6.07) is 7.13. The average Bonchev–Trinajstić information content (AvgIpc) is 3.37. The Morgan fingerprint density at radius 3 is 2.52 bits per heavy atom. The summed E-state index contributed by atoms with van der Waals surface area (Å²) in [6.45, 7) is 3.83. The number of hydrogen-bond acceptors (Lipinski definition) is 6. The van der Waals surface area contributed by atoms with Gasteiger partial charge in [0.1, 0.15) is 10.6 Å². The van der Waals surface area contributed by atoms with Crippen LogP contribution < -0.4 is 9.64 Å². The molecule has 6 nitrogen and oxygen atoms in total. The number of hydrogen-bond donors (Lipinski definition) is 0. The molecule has 1 saturated carbocycles. The second-order valence-corrected chi connectivity index (χ2v) is 6.74. The van der Waals surface area contributed by atoms with Gasteiger partial charge in [-0.1, -0.05) is 11.3 Å². The number of carbonyl (C=O) groups is 2. The van der Waals surface area contributed by atoms with Crippen LogP contribution in [0.5, 0.6) is 5.75 Å². The molecule has 0 atom stereocenters. The van der Waals surface area contributed by atoms with Crippen LogP contribution >= 0.6 is 11.3 Å². The van der Waals surface area contributed by atoms with E-state index >= 15 is 0 Å². The minimum atomic E-state index is -0.392. The van der Waals surface area contributed by atoms with Crippen molar-refractivity contribution in [3.8, 4) is 5.75 Å². The number of methoxy groups -OCH3 is 1. The normalized spacial score (nSPS) is 13.4. The van der Waals surface area contributed by atoms with E-state index in [1.54, 1.807) is 50.1 Å². The van der Waals surface area contributed by atoms with Crippen molar-refractivity contribution in [2.45, 2.75) is 32.7 Å².